The van der Waals surface area contributed by atoms with Gasteiger partial charge in [0.25, 0.3) is 0 Å². The molecule has 0 aromatic rings. The van der Waals surface area contributed by atoms with Crippen LogP contribution in [-0.2, 0) is 9.53 Å². The predicted molar refractivity (Wildman–Crippen MR) is 64.9 cm³/mol. The van der Waals surface area contributed by atoms with Crippen LogP contribution in [0.2, 0.25) is 0 Å². The Hall–Kier alpha value is -0.570. The summed E-state index contributed by atoms with van der Waals surface area (Å²) in [6.45, 7) is 10.8. The molecule has 0 saturated carbocycles. The zero-order chi connectivity index (χ0) is 12.1. The molecule has 0 radical (unpaired) electrons. The first kappa shape index (κ1) is 16.8. The highest BCUT2D eigenvalue weighted by Gasteiger charge is 1.91. The van der Waals surface area contributed by atoms with Crippen molar-refractivity contribution in [3.05, 3.63) is 0 Å². The number of hydrogen-bond donors (Lipinski definition) is 0. The zero-order valence-corrected chi connectivity index (χ0v) is 11.0. The van der Waals surface area contributed by atoms with E-state index in [4.69, 9.17) is 4.74 Å². The fourth-order valence-corrected chi connectivity index (χ4v) is 0.610. The smallest absolute Gasteiger partial charge is 0.209 e. The van der Waals surface area contributed by atoms with Crippen molar-refractivity contribution in [3.63, 3.8) is 0 Å². The number of nitrogens with zero attached hydrogens (tertiary/aromatic N) is 1. The second-order valence-corrected chi connectivity index (χ2v) is 4.28. The Kier molecular flexibility index (Phi) is 15.1. The zero-order valence-electron chi connectivity index (χ0n) is 11.0. The number of hydrogen-bond acceptors (Lipinski definition) is 2. The van der Waals surface area contributed by atoms with Gasteiger partial charge in [0.15, 0.2) is 0 Å². The van der Waals surface area contributed by atoms with Gasteiger partial charge in [-0.25, -0.2) is 0 Å². The second-order valence-electron chi connectivity index (χ2n) is 4.28. The van der Waals surface area contributed by atoms with Gasteiger partial charge in [0.05, 0.1) is 6.61 Å². The van der Waals surface area contributed by atoms with Crippen molar-refractivity contribution in [3.8, 4) is 0 Å². The van der Waals surface area contributed by atoms with E-state index < -0.39 is 0 Å². The molecule has 0 aliphatic rings. The van der Waals surface area contributed by atoms with E-state index in [9.17, 15) is 4.79 Å². The minimum atomic E-state index is 0.648. The van der Waals surface area contributed by atoms with Crippen molar-refractivity contribution in [2.75, 3.05) is 26.8 Å². The molecule has 0 saturated heterocycles. The molecule has 0 rings (SSSR count). The highest BCUT2D eigenvalue weighted by molar-refractivity contribution is 5.46. The topological polar surface area (TPSA) is 29.5 Å². The Morgan fingerprint density at radius 2 is 1.80 bits per heavy atom. The molecule has 0 bridgehead atoms. The molecule has 3 heteroatoms. The van der Waals surface area contributed by atoms with Crippen molar-refractivity contribution in [2.24, 2.45) is 5.92 Å². The lowest BCUT2D eigenvalue weighted by Crippen LogP contribution is -2.21. The minimum Gasteiger partial charge on any atom is -0.380 e. The van der Waals surface area contributed by atoms with Crippen LogP contribution in [0.3, 0.4) is 0 Å². The van der Waals surface area contributed by atoms with Crippen molar-refractivity contribution in [1.82, 2.24) is 4.90 Å². The van der Waals surface area contributed by atoms with Crippen LogP contribution in [0.5, 0.6) is 0 Å². The SMILES string of the molecule is CC(C)C.CCCCOCCN(C)C=O. The Balaban J connectivity index is 0. The highest BCUT2D eigenvalue weighted by atomic mass is 16.5. The molecule has 0 fully saturated rings. The molecule has 0 aromatic carbocycles. The van der Waals surface area contributed by atoms with E-state index in [-0.39, 0.29) is 0 Å². The Bertz CT molecular complexity index is 124. The van der Waals surface area contributed by atoms with Crippen molar-refractivity contribution < 1.29 is 9.53 Å². The maximum Gasteiger partial charge on any atom is 0.209 e. The van der Waals surface area contributed by atoms with Gasteiger partial charge < -0.3 is 9.64 Å². The number of likely N-dealkylation sites (N-methyl/N-ethyl adjacent to an activating group) is 1. The molecule has 0 heterocycles. The van der Waals surface area contributed by atoms with Crippen LogP contribution in [0.25, 0.3) is 0 Å². The molecule has 0 spiro atoms. The van der Waals surface area contributed by atoms with E-state index in [2.05, 4.69) is 27.7 Å². The van der Waals surface area contributed by atoms with Gasteiger partial charge >= 0.3 is 0 Å². The van der Waals surface area contributed by atoms with E-state index >= 15 is 0 Å². The number of carbonyl (C=O) groups is 1. The van der Waals surface area contributed by atoms with Gasteiger partial charge in [-0.3, -0.25) is 4.79 Å². The molecule has 15 heavy (non-hydrogen) atoms. The van der Waals surface area contributed by atoms with Crippen molar-refractivity contribution >= 4 is 6.41 Å². The number of ether oxygens (including phenoxy) is 1. The molecule has 0 atom stereocenters. The summed E-state index contributed by atoms with van der Waals surface area (Å²) in [5, 5.41) is 0. The average Bonchev–Trinajstić information content (AvgIpc) is 2.16. The van der Waals surface area contributed by atoms with E-state index in [1.807, 2.05) is 0 Å². The molecule has 1 amide bonds. The fraction of sp³-hybridized carbons (Fsp3) is 0.917. The number of amides is 1. The summed E-state index contributed by atoms with van der Waals surface area (Å²) in [5.41, 5.74) is 0. The molecule has 0 aromatic heterocycles. The Morgan fingerprint density at radius 1 is 1.27 bits per heavy atom. The third-order valence-corrected chi connectivity index (χ3v) is 1.41. The van der Waals surface area contributed by atoms with Gasteiger partial charge in [-0.2, -0.15) is 0 Å². The molecule has 0 aliphatic heterocycles. The number of rotatable bonds is 7. The maximum absolute atomic E-state index is 10.1. The predicted octanol–water partition coefficient (Wildman–Crippen LogP) is 2.55. The first-order valence-corrected chi connectivity index (χ1v) is 5.77. The second kappa shape index (κ2) is 13.4. The lowest BCUT2D eigenvalue weighted by Gasteiger charge is -2.09. The lowest BCUT2D eigenvalue weighted by atomic mass is 10.3. The number of carbonyl (C=O) groups excluding carboxylic acids is 1. The van der Waals surface area contributed by atoms with Gasteiger partial charge in [0, 0.05) is 20.2 Å². The Labute approximate surface area is 94.8 Å². The van der Waals surface area contributed by atoms with Gasteiger partial charge in [-0.15, -0.1) is 0 Å². The normalized spacial score (nSPS) is 9.47. The molecular formula is C12H27NO2. The standard InChI is InChI=1S/C8H17NO2.C4H10/c1-3-4-6-11-7-5-9(2)8-10;1-4(2)3/h8H,3-7H2,1-2H3;4H,1-3H3. The molecule has 0 aliphatic carbocycles. The van der Waals surface area contributed by atoms with Crippen LogP contribution in [0.15, 0.2) is 0 Å². The summed E-state index contributed by atoms with van der Waals surface area (Å²) >= 11 is 0. The van der Waals surface area contributed by atoms with Gasteiger partial charge in [0.2, 0.25) is 6.41 Å². The monoisotopic (exact) mass is 217 g/mol. The summed E-state index contributed by atoms with van der Waals surface area (Å²) < 4.78 is 5.25. The molecule has 3 nitrogen and oxygen atoms in total. The van der Waals surface area contributed by atoms with E-state index in [1.54, 1.807) is 11.9 Å². The molecule has 0 unspecified atom stereocenters. The quantitative estimate of drug-likeness (QED) is 0.484. The van der Waals surface area contributed by atoms with Gasteiger partial charge in [0.1, 0.15) is 0 Å². The van der Waals surface area contributed by atoms with Crippen LogP contribution >= 0.6 is 0 Å². The van der Waals surface area contributed by atoms with Crippen LogP contribution in [0, 0.1) is 5.92 Å². The first-order valence-electron chi connectivity index (χ1n) is 5.77. The summed E-state index contributed by atoms with van der Waals surface area (Å²) in [5.74, 6) is 0.833. The highest BCUT2D eigenvalue weighted by Crippen LogP contribution is 1.87. The summed E-state index contributed by atoms with van der Waals surface area (Å²) in [6, 6.07) is 0. The largest absolute Gasteiger partial charge is 0.380 e. The first-order chi connectivity index (χ1) is 7.04. The minimum absolute atomic E-state index is 0.648. The lowest BCUT2D eigenvalue weighted by molar-refractivity contribution is -0.117. The Morgan fingerprint density at radius 3 is 2.20 bits per heavy atom. The summed E-state index contributed by atoms with van der Waals surface area (Å²) in [6.07, 6.45) is 3.07. The van der Waals surface area contributed by atoms with E-state index in [1.165, 1.54) is 0 Å². The number of unbranched alkanes of at least 4 members (excludes halogenated alkanes) is 1. The van der Waals surface area contributed by atoms with Gasteiger partial charge in [-0.1, -0.05) is 34.1 Å². The van der Waals surface area contributed by atoms with Gasteiger partial charge in [-0.05, 0) is 12.3 Å². The summed E-state index contributed by atoms with van der Waals surface area (Å²) in [4.78, 5) is 11.7. The molecular weight excluding hydrogens is 190 g/mol. The van der Waals surface area contributed by atoms with Crippen LogP contribution in [0.1, 0.15) is 40.5 Å². The summed E-state index contributed by atoms with van der Waals surface area (Å²) in [7, 11) is 1.75. The molecule has 0 N–H and O–H groups in total. The average molecular weight is 217 g/mol. The van der Waals surface area contributed by atoms with E-state index in [0.717, 1.165) is 31.8 Å². The van der Waals surface area contributed by atoms with Crippen LogP contribution in [-0.4, -0.2) is 38.1 Å². The van der Waals surface area contributed by atoms with E-state index in [0.29, 0.717) is 13.2 Å². The maximum atomic E-state index is 10.1. The van der Waals surface area contributed by atoms with Crippen LogP contribution < -0.4 is 0 Å². The van der Waals surface area contributed by atoms with Crippen molar-refractivity contribution in [1.29, 1.82) is 0 Å². The molecule has 92 valence electrons. The van der Waals surface area contributed by atoms with Crippen molar-refractivity contribution in [2.45, 2.75) is 40.5 Å². The third-order valence-electron chi connectivity index (χ3n) is 1.41. The third kappa shape index (κ3) is 24.7. The van der Waals surface area contributed by atoms with Crippen LogP contribution in [0.4, 0.5) is 0 Å². The fourth-order valence-electron chi connectivity index (χ4n) is 0.610.